The Bertz CT molecular complexity index is 72.5. The fraction of sp³-hybridized carbons (Fsp3) is 0.714. The van der Waals surface area contributed by atoms with Crippen molar-refractivity contribution in [3.63, 3.8) is 0 Å². The van der Waals surface area contributed by atoms with Crippen molar-refractivity contribution in [2.75, 3.05) is 12.3 Å². The van der Waals surface area contributed by atoms with Crippen LogP contribution in [0.1, 0.15) is 19.3 Å². The third-order valence-corrected chi connectivity index (χ3v) is 3.95. The predicted octanol–water partition coefficient (Wildman–Crippen LogP) is 2.80. The van der Waals surface area contributed by atoms with Crippen molar-refractivity contribution in [1.82, 2.24) is 0 Å². The van der Waals surface area contributed by atoms with Crippen molar-refractivity contribution in [2.45, 2.75) is 19.3 Å². The van der Waals surface area contributed by atoms with Crippen LogP contribution in [-0.2, 0) is 0 Å². The number of hydrogen-bond donors (Lipinski definition) is 0. The fourth-order valence-corrected chi connectivity index (χ4v) is 2.95. The van der Waals surface area contributed by atoms with E-state index in [1.165, 1.54) is 31.6 Å². The molecular formula is C7H13P. The van der Waals surface area contributed by atoms with E-state index < -0.39 is 0 Å². The molecule has 0 aromatic carbocycles. The highest BCUT2D eigenvalue weighted by Gasteiger charge is 2.07. The average Bonchev–Trinajstić information content (AvgIpc) is 1.90. The monoisotopic (exact) mass is 128 g/mol. The second-order valence-electron chi connectivity index (χ2n) is 2.28. The van der Waals surface area contributed by atoms with Crippen LogP contribution >= 0.6 is 7.92 Å². The minimum Gasteiger partial charge on any atom is -0.0986 e. The third kappa shape index (κ3) is 1.59. The van der Waals surface area contributed by atoms with Crippen LogP contribution in [0.3, 0.4) is 0 Å². The van der Waals surface area contributed by atoms with Crippen LogP contribution in [0.4, 0.5) is 0 Å². The summed E-state index contributed by atoms with van der Waals surface area (Å²) in [5.41, 5.74) is 0. The summed E-state index contributed by atoms with van der Waals surface area (Å²) in [7, 11) is 0.294. The molecule has 0 atom stereocenters. The van der Waals surface area contributed by atoms with E-state index in [1.54, 1.807) is 0 Å². The topological polar surface area (TPSA) is 0 Å². The zero-order valence-corrected chi connectivity index (χ0v) is 6.16. The second kappa shape index (κ2) is 3.25. The van der Waals surface area contributed by atoms with Gasteiger partial charge in [-0.2, -0.15) is 0 Å². The highest BCUT2D eigenvalue weighted by molar-refractivity contribution is 7.60. The molecule has 1 aliphatic heterocycles. The van der Waals surface area contributed by atoms with Gasteiger partial charge in [-0.3, -0.25) is 0 Å². The quantitative estimate of drug-likeness (QED) is 0.476. The van der Waals surface area contributed by atoms with E-state index in [0.717, 1.165) is 0 Å². The number of rotatable bonds is 1. The van der Waals surface area contributed by atoms with Gasteiger partial charge in [0.2, 0.25) is 0 Å². The molecule has 0 aromatic heterocycles. The van der Waals surface area contributed by atoms with Gasteiger partial charge in [-0.1, -0.05) is 26.7 Å². The van der Waals surface area contributed by atoms with Crippen molar-refractivity contribution in [3.05, 3.63) is 12.4 Å². The van der Waals surface area contributed by atoms with Gasteiger partial charge in [0.25, 0.3) is 0 Å². The Labute approximate surface area is 52.7 Å². The molecular weight excluding hydrogens is 115 g/mol. The molecule has 0 radical (unpaired) electrons. The van der Waals surface area contributed by atoms with Gasteiger partial charge in [0, 0.05) is 0 Å². The van der Waals surface area contributed by atoms with Crippen molar-refractivity contribution >= 4 is 7.92 Å². The highest BCUT2D eigenvalue weighted by atomic mass is 31.1. The molecule has 0 nitrogen and oxygen atoms in total. The Morgan fingerprint density at radius 1 is 1.12 bits per heavy atom. The molecule has 1 heteroatoms. The molecule has 0 N–H and O–H groups in total. The predicted molar refractivity (Wildman–Crippen MR) is 40.7 cm³/mol. The first kappa shape index (κ1) is 6.29. The Morgan fingerprint density at radius 3 is 2.12 bits per heavy atom. The molecule has 0 bridgehead atoms. The van der Waals surface area contributed by atoms with Crippen LogP contribution in [0.15, 0.2) is 12.4 Å². The lowest BCUT2D eigenvalue weighted by Crippen LogP contribution is -1.95. The standard InChI is InChI=1S/C7H13P/c1-2-8-6-4-3-5-7-8/h2H,1,3-7H2. The summed E-state index contributed by atoms with van der Waals surface area (Å²) in [5.74, 6) is 2.18. The SMILES string of the molecule is C=CP1CCCCC1. The molecule has 1 rings (SSSR count). The van der Waals surface area contributed by atoms with E-state index in [0.29, 0.717) is 7.92 Å². The summed E-state index contributed by atoms with van der Waals surface area (Å²) >= 11 is 0. The molecule has 1 fully saturated rings. The van der Waals surface area contributed by atoms with E-state index >= 15 is 0 Å². The van der Waals surface area contributed by atoms with Gasteiger partial charge in [-0.15, -0.1) is 0 Å². The zero-order valence-electron chi connectivity index (χ0n) is 5.27. The molecule has 8 heavy (non-hydrogen) atoms. The van der Waals surface area contributed by atoms with Crippen LogP contribution in [0.25, 0.3) is 0 Å². The average molecular weight is 128 g/mol. The normalized spacial score (nSPS) is 23.0. The molecule has 0 saturated carbocycles. The first-order chi connectivity index (χ1) is 3.93. The summed E-state index contributed by atoms with van der Waals surface area (Å²) in [6, 6.07) is 0. The first-order valence-corrected chi connectivity index (χ1v) is 5.08. The van der Waals surface area contributed by atoms with Crippen molar-refractivity contribution in [3.8, 4) is 0 Å². The van der Waals surface area contributed by atoms with E-state index in [2.05, 4.69) is 12.4 Å². The molecule has 0 aliphatic carbocycles. The fourth-order valence-electron chi connectivity index (χ4n) is 1.10. The molecule has 0 unspecified atom stereocenters. The van der Waals surface area contributed by atoms with Crippen LogP contribution in [0, 0.1) is 0 Å². The van der Waals surface area contributed by atoms with Gasteiger partial charge in [0.1, 0.15) is 0 Å². The Hall–Kier alpha value is 0.170. The van der Waals surface area contributed by atoms with Crippen molar-refractivity contribution < 1.29 is 0 Å². The Morgan fingerprint density at radius 2 is 1.75 bits per heavy atom. The summed E-state index contributed by atoms with van der Waals surface area (Å²) in [4.78, 5) is 0. The van der Waals surface area contributed by atoms with Crippen LogP contribution in [0.5, 0.6) is 0 Å². The summed E-state index contributed by atoms with van der Waals surface area (Å²) < 4.78 is 0. The van der Waals surface area contributed by atoms with Gasteiger partial charge in [0.05, 0.1) is 0 Å². The maximum Gasteiger partial charge on any atom is -0.0291 e. The second-order valence-corrected chi connectivity index (χ2v) is 4.72. The molecule has 0 amide bonds. The van der Waals surface area contributed by atoms with Gasteiger partial charge < -0.3 is 0 Å². The minimum absolute atomic E-state index is 0.294. The van der Waals surface area contributed by atoms with Gasteiger partial charge in [-0.25, -0.2) is 0 Å². The molecule has 1 aliphatic rings. The van der Waals surface area contributed by atoms with E-state index in [9.17, 15) is 0 Å². The highest BCUT2D eigenvalue weighted by Crippen LogP contribution is 2.41. The van der Waals surface area contributed by atoms with Crippen LogP contribution < -0.4 is 0 Å². The van der Waals surface area contributed by atoms with Gasteiger partial charge in [0.15, 0.2) is 0 Å². The van der Waals surface area contributed by atoms with E-state index in [4.69, 9.17) is 0 Å². The van der Waals surface area contributed by atoms with Gasteiger partial charge >= 0.3 is 0 Å². The maximum atomic E-state index is 3.81. The van der Waals surface area contributed by atoms with Crippen molar-refractivity contribution in [1.29, 1.82) is 0 Å². The smallest absolute Gasteiger partial charge is 0.0291 e. The molecule has 0 aromatic rings. The largest absolute Gasteiger partial charge is 0.0986 e. The van der Waals surface area contributed by atoms with Crippen molar-refractivity contribution in [2.24, 2.45) is 0 Å². The summed E-state index contributed by atoms with van der Waals surface area (Å²) in [6.45, 7) is 3.81. The lowest BCUT2D eigenvalue weighted by Gasteiger charge is -2.17. The van der Waals surface area contributed by atoms with Gasteiger partial charge in [-0.05, 0) is 25.2 Å². The third-order valence-electron chi connectivity index (χ3n) is 1.65. The molecule has 46 valence electrons. The maximum absolute atomic E-state index is 3.81. The Balaban J connectivity index is 2.22. The van der Waals surface area contributed by atoms with E-state index in [1.807, 2.05) is 0 Å². The molecule has 1 heterocycles. The lowest BCUT2D eigenvalue weighted by atomic mass is 10.3. The Kier molecular flexibility index (Phi) is 2.55. The first-order valence-electron chi connectivity index (χ1n) is 3.30. The molecule has 1 saturated heterocycles. The zero-order chi connectivity index (χ0) is 5.82. The van der Waals surface area contributed by atoms with E-state index in [-0.39, 0.29) is 0 Å². The lowest BCUT2D eigenvalue weighted by molar-refractivity contribution is 0.755. The minimum atomic E-state index is 0.294. The number of hydrogen-bond acceptors (Lipinski definition) is 0. The summed E-state index contributed by atoms with van der Waals surface area (Å²) in [5, 5.41) is 0. The summed E-state index contributed by atoms with van der Waals surface area (Å²) in [6.07, 6.45) is 7.29. The molecule has 0 spiro atoms. The van der Waals surface area contributed by atoms with Crippen LogP contribution in [-0.4, -0.2) is 12.3 Å². The van der Waals surface area contributed by atoms with Crippen LogP contribution in [0.2, 0.25) is 0 Å².